The van der Waals surface area contributed by atoms with E-state index in [1.165, 1.54) is 38.1 Å². The fourth-order valence-corrected chi connectivity index (χ4v) is 3.23. The predicted octanol–water partition coefficient (Wildman–Crippen LogP) is 8.01. The Morgan fingerprint density at radius 1 is 0.684 bits per heavy atom. The van der Waals surface area contributed by atoms with Crippen LogP contribution in [-0.2, 0) is 15.8 Å². The number of carbonyl (C=O) groups is 2. The molecule has 0 saturated heterocycles. The molecule has 0 radical (unpaired) electrons. The third-order valence-electron chi connectivity index (χ3n) is 5.22. The summed E-state index contributed by atoms with van der Waals surface area (Å²) < 4.78 is 52.4. The Balaban J connectivity index is 1.92. The second-order valence-corrected chi connectivity index (χ2v) is 8.43. The lowest BCUT2D eigenvalue weighted by Gasteiger charge is -2.12. The maximum Gasteiger partial charge on any atom is 0.417 e. The maximum absolute atomic E-state index is 13.9. The molecular weight excluding hydrogens is 493 g/mol. The normalized spacial score (nSPS) is 11.5. The molecule has 3 rings (SSSR count). The van der Waals surface area contributed by atoms with Crippen molar-refractivity contribution >= 4 is 36.2 Å². The summed E-state index contributed by atoms with van der Waals surface area (Å²) in [6.45, 7) is 10.1. The lowest BCUT2D eigenvalue weighted by atomic mass is 10.0. The van der Waals surface area contributed by atoms with E-state index in [2.05, 4.69) is 13.2 Å². The summed E-state index contributed by atoms with van der Waals surface area (Å²) in [5, 5.41) is 0. The van der Waals surface area contributed by atoms with Gasteiger partial charge >= 0.3 is 18.1 Å². The summed E-state index contributed by atoms with van der Waals surface area (Å²) in [4.78, 5) is 23.8. The Labute approximate surface area is 219 Å². The highest BCUT2D eigenvalue weighted by Crippen LogP contribution is 2.34. The zero-order valence-corrected chi connectivity index (χ0v) is 20.8. The summed E-state index contributed by atoms with van der Waals surface area (Å²) in [6, 6.07) is 17.1. The molecule has 0 aliphatic rings. The van der Waals surface area contributed by atoms with Crippen LogP contribution >= 0.6 is 0 Å². The van der Waals surface area contributed by atoms with Crippen LogP contribution < -0.4 is 9.47 Å². The molecule has 38 heavy (non-hydrogen) atoms. The van der Waals surface area contributed by atoms with Gasteiger partial charge in [-0.15, -0.1) is 0 Å². The topological polar surface area (TPSA) is 52.6 Å². The van der Waals surface area contributed by atoms with Crippen molar-refractivity contribution in [1.29, 1.82) is 0 Å². The van der Waals surface area contributed by atoms with E-state index in [1.54, 1.807) is 60.7 Å². The van der Waals surface area contributed by atoms with Crippen molar-refractivity contribution in [1.82, 2.24) is 0 Å². The van der Waals surface area contributed by atoms with Gasteiger partial charge < -0.3 is 9.47 Å². The van der Waals surface area contributed by atoms with E-state index in [-0.39, 0.29) is 28.2 Å². The molecule has 0 heterocycles. The Bertz CT molecular complexity index is 1450. The molecular formula is C31H25F3O4. The highest BCUT2D eigenvalue weighted by Gasteiger charge is 2.32. The second kappa shape index (κ2) is 12.1. The van der Waals surface area contributed by atoms with Crippen molar-refractivity contribution in [2.24, 2.45) is 0 Å². The Kier molecular flexibility index (Phi) is 8.86. The Morgan fingerprint density at radius 3 is 1.61 bits per heavy atom. The third kappa shape index (κ3) is 7.43. The molecule has 194 valence electrons. The fourth-order valence-electron chi connectivity index (χ4n) is 3.23. The summed E-state index contributed by atoms with van der Waals surface area (Å²) in [5.74, 6) is -0.763. The number of hydrogen-bond donors (Lipinski definition) is 0. The van der Waals surface area contributed by atoms with Gasteiger partial charge in [0.1, 0.15) is 11.5 Å². The number of ether oxygens (including phenoxy) is 2. The van der Waals surface area contributed by atoms with Crippen LogP contribution in [0.5, 0.6) is 11.5 Å². The molecule has 0 aliphatic carbocycles. The van der Waals surface area contributed by atoms with Gasteiger partial charge in [-0.05, 0) is 43.2 Å². The number of esters is 2. The first-order valence-electron chi connectivity index (χ1n) is 11.5. The molecule has 7 heteroatoms. The van der Waals surface area contributed by atoms with Gasteiger partial charge in [0, 0.05) is 22.3 Å². The first kappa shape index (κ1) is 27.9. The van der Waals surface area contributed by atoms with E-state index >= 15 is 0 Å². The number of carbonyl (C=O) groups excluding carboxylic acids is 2. The molecule has 0 N–H and O–H groups in total. The van der Waals surface area contributed by atoms with Crippen LogP contribution in [0, 0.1) is 0 Å². The van der Waals surface area contributed by atoms with Crippen LogP contribution in [0.3, 0.4) is 0 Å². The highest BCUT2D eigenvalue weighted by molar-refractivity contribution is 5.90. The SMILES string of the molecule is C=C(C)C(=O)Oc1ccccc1/C=C/c1ccc(/C=C/c2ccccc2OC(=O)C(=C)C)c(C(F)(F)F)c1. The molecule has 0 bridgehead atoms. The van der Waals surface area contributed by atoms with Crippen LogP contribution in [0.15, 0.2) is 91.0 Å². The minimum Gasteiger partial charge on any atom is -0.423 e. The minimum atomic E-state index is -4.62. The van der Waals surface area contributed by atoms with Crippen molar-refractivity contribution in [2.45, 2.75) is 20.0 Å². The number of alkyl halides is 3. The van der Waals surface area contributed by atoms with Gasteiger partial charge in [-0.3, -0.25) is 0 Å². The van der Waals surface area contributed by atoms with Crippen LogP contribution in [0.1, 0.15) is 41.7 Å². The van der Waals surface area contributed by atoms with Crippen molar-refractivity contribution in [2.75, 3.05) is 0 Å². The summed E-state index contributed by atoms with van der Waals surface area (Å²) >= 11 is 0. The van der Waals surface area contributed by atoms with Gasteiger partial charge in [0.15, 0.2) is 0 Å². The smallest absolute Gasteiger partial charge is 0.417 e. The zero-order valence-electron chi connectivity index (χ0n) is 20.8. The van der Waals surface area contributed by atoms with E-state index in [0.717, 1.165) is 6.07 Å². The molecule has 0 unspecified atom stereocenters. The number of halogens is 3. The number of hydrogen-bond acceptors (Lipinski definition) is 4. The first-order valence-corrected chi connectivity index (χ1v) is 11.5. The number of benzene rings is 3. The molecule has 0 saturated carbocycles. The maximum atomic E-state index is 13.9. The molecule has 4 nitrogen and oxygen atoms in total. The molecule has 0 aliphatic heterocycles. The number of para-hydroxylation sites is 2. The fraction of sp³-hybridized carbons (Fsp3) is 0.0968. The van der Waals surface area contributed by atoms with Crippen molar-refractivity contribution in [3.8, 4) is 11.5 Å². The van der Waals surface area contributed by atoms with E-state index in [0.29, 0.717) is 16.7 Å². The van der Waals surface area contributed by atoms with Gasteiger partial charge in [-0.2, -0.15) is 13.2 Å². The van der Waals surface area contributed by atoms with Gasteiger partial charge in [-0.1, -0.05) is 86.0 Å². The average Bonchev–Trinajstić information content (AvgIpc) is 2.87. The van der Waals surface area contributed by atoms with Crippen LogP contribution in [0.25, 0.3) is 24.3 Å². The Hall–Kier alpha value is -4.65. The second-order valence-electron chi connectivity index (χ2n) is 8.43. The molecule has 3 aromatic rings. The molecule has 0 amide bonds. The van der Waals surface area contributed by atoms with Crippen LogP contribution in [0.2, 0.25) is 0 Å². The highest BCUT2D eigenvalue weighted by atomic mass is 19.4. The van der Waals surface area contributed by atoms with Gasteiger partial charge in [0.2, 0.25) is 0 Å². The van der Waals surface area contributed by atoms with Gasteiger partial charge in [0.05, 0.1) is 5.56 Å². The monoisotopic (exact) mass is 518 g/mol. The molecule has 0 spiro atoms. The van der Waals surface area contributed by atoms with Gasteiger partial charge in [-0.25, -0.2) is 9.59 Å². The summed E-state index contributed by atoms with van der Waals surface area (Å²) in [6.07, 6.45) is 1.22. The van der Waals surface area contributed by atoms with E-state index in [9.17, 15) is 22.8 Å². The van der Waals surface area contributed by atoms with Crippen LogP contribution in [0.4, 0.5) is 13.2 Å². The third-order valence-corrected chi connectivity index (χ3v) is 5.22. The largest absolute Gasteiger partial charge is 0.423 e. The van der Waals surface area contributed by atoms with E-state index < -0.39 is 23.7 Å². The van der Waals surface area contributed by atoms with E-state index in [4.69, 9.17) is 9.47 Å². The van der Waals surface area contributed by atoms with Crippen molar-refractivity contribution < 1.29 is 32.2 Å². The van der Waals surface area contributed by atoms with Crippen molar-refractivity contribution in [3.63, 3.8) is 0 Å². The van der Waals surface area contributed by atoms with E-state index in [1.807, 2.05) is 0 Å². The molecule has 0 fully saturated rings. The Morgan fingerprint density at radius 2 is 1.13 bits per heavy atom. The van der Waals surface area contributed by atoms with Gasteiger partial charge in [0.25, 0.3) is 0 Å². The zero-order chi connectivity index (χ0) is 27.9. The lowest BCUT2D eigenvalue weighted by molar-refractivity contribution is -0.137. The molecule has 0 atom stereocenters. The van der Waals surface area contributed by atoms with Crippen LogP contribution in [-0.4, -0.2) is 11.9 Å². The number of rotatable bonds is 8. The predicted molar refractivity (Wildman–Crippen MR) is 143 cm³/mol. The molecule has 3 aromatic carbocycles. The minimum absolute atomic E-state index is 0.0635. The quantitative estimate of drug-likeness (QED) is 0.131. The standard InChI is InChI=1S/C31H25F3O4/c1-20(2)29(35)37-27-11-7-5-9-24(27)16-14-22-13-15-23(26(19-22)31(32,33)34)17-18-25-10-6-8-12-28(25)38-30(36)21(3)4/h5-19H,1,3H2,2,4H3/b16-14+,18-17+. The average molecular weight is 519 g/mol. The first-order chi connectivity index (χ1) is 18.0. The lowest BCUT2D eigenvalue weighted by Crippen LogP contribution is -2.09. The van der Waals surface area contributed by atoms with Crippen molar-refractivity contribution in [3.05, 3.63) is 119 Å². The summed E-state index contributed by atoms with van der Waals surface area (Å²) in [7, 11) is 0. The molecule has 0 aromatic heterocycles. The summed E-state index contributed by atoms with van der Waals surface area (Å²) in [5.41, 5.74) is 0.759.